The Kier molecular flexibility index (Phi) is 3.74. The number of nitrogens with one attached hydrogen (secondary N) is 1. The van der Waals surface area contributed by atoms with E-state index in [-0.39, 0.29) is 18.6 Å². The smallest absolute Gasteiger partial charge is 0.329 e. The molecule has 1 aliphatic heterocycles. The summed E-state index contributed by atoms with van der Waals surface area (Å²) in [6, 6.07) is 15.4. The standard InChI is InChI=1S/C16H14BrNO2/c17-13-7-3-1-6-12(13)10-20-16(19)15-9-11-5-2-4-8-14(11)18-15/h1-8,15,18H,9-10H2/t15-/m0/s1. The van der Waals surface area contributed by atoms with Crippen LogP contribution in [0.15, 0.2) is 53.0 Å². The van der Waals surface area contributed by atoms with E-state index >= 15 is 0 Å². The summed E-state index contributed by atoms with van der Waals surface area (Å²) in [5.41, 5.74) is 3.15. The minimum atomic E-state index is -0.283. The molecule has 0 aromatic heterocycles. The Hall–Kier alpha value is -1.81. The van der Waals surface area contributed by atoms with E-state index < -0.39 is 0 Å². The van der Waals surface area contributed by atoms with Gasteiger partial charge >= 0.3 is 5.97 Å². The minimum Gasteiger partial charge on any atom is -0.459 e. The summed E-state index contributed by atoms with van der Waals surface area (Å²) in [6.45, 7) is 0.286. The van der Waals surface area contributed by atoms with E-state index in [4.69, 9.17) is 4.74 Å². The zero-order chi connectivity index (χ0) is 13.9. The van der Waals surface area contributed by atoms with Crippen molar-refractivity contribution >= 4 is 27.6 Å². The summed E-state index contributed by atoms with van der Waals surface area (Å²) < 4.78 is 6.35. The van der Waals surface area contributed by atoms with E-state index in [1.165, 1.54) is 0 Å². The molecule has 0 bridgehead atoms. The van der Waals surface area contributed by atoms with E-state index in [2.05, 4.69) is 21.2 Å². The van der Waals surface area contributed by atoms with Crippen molar-refractivity contribution in [3.05, 3.63) is 64.1 Å². The SMILES string of the molecule is O=C(OCc1ccccc1Br)[C@@H]1Cc2ccccc2N1. The van der Waals surface area contributed by atoms with Gasteiger partial charge in [-0.3, -0.25) is 0 Å². The molecule has 4 heteroatoms. The largest absolute Gasteiger partial charge is 0.459 e. The van der Waals surface area contributed by atoms with Crippen LogP contribution in [0.5, 0.6) is 0 Å². The molecule has 0 spiro atoms. The summed E-state index contributed by atoms with van der Waals surface area (Å²) in [5.74, 6) is -0.211. The fourth-order valence-corrected chi connectivity index (χ4v) is 2.70. The van der Waals surface area contributed by atoms with Crippen molar-refractivity contribution < 1.29 is 9.53 Å². The third kappa shape index (κ3) is 2.70. The van der Waals surface area contributed by atoms with E-state index in [9.17, 15) is 4.79 Å². The van der Waals surface area contributed by atoms with Crippen molar-refractivity contribution in [2.24, 2.45) is 0 Å². The number of hydrogen-bond donors (Lipinski definition) is 1. The van der Waals surface area contributed by atoms with E-state index in [1.54, 1.807) is 0 Å². The van der Waals surface area contributed by atoms with Gasteiger partial charge in [-0.15, -0.1) is 0 Å². The van der Waals surface area contributed by atoms with Gasteiger partial charge in [0.25, 0.3) is 0 Å². The highest BCUT2D eigenvalue weighted by Gasteiger charge is 2.27. The molecule has 2 aromatic rings. The average molecular weight is 332 g/mol. The molecule has 1 atom stereocenters. The number of anilines is 1. The van der Waals surface area contributed by atoms with Crippen LogP contribution >= 0.6 is 15.9 Å². The van der Waals surface area contributed by atoms with Crippen LogP contribution in [-0.4, -0.2) is 12.0 Å². The molecular weight excluding hydrogens is 318 g/mol. The summed E-state index contributed by atoms with van der Waals surface area (Å²) in [5, 5.41) is 3.20. The van der Waals surface area contributed by atoms with Crippen molar-refractivity contribution in [3.8, 4) is 0 Å². The van der Waals surface area contributed by atoms with Crippen molar-refractivity contribution in [2.45, 2.75) is 19.1 Å². The van der Waals surface area contributed by atoms with Gasteiger partial charge in [-0.05, 0) is 17.7 Å². The lowest BCUT2D eigenvalue weighted by Gasteiger charge is -2.12. The highest BCUT2D eigenvalue weighted by molar-refractivity contribution is 9.10. The molecule has 0 saturated heterocycles. The first-order chi connectivity index (χ1) is 9.74. The fourth-order valence-electron chi connectivity index (χ4n) is 2.30. The predicted octanol–water partition coefficient (Wildman–Crippen LogP) is 3.53. The maximum Gasteiger partial charge on any atom is 0.329 e. The summed E-state index contributed by atoms with van der Waals surface area (Å²) in [4.78, 5) is 12.1. The quantitative estimate of drug-likeness (QED) is 0.874. The lowest BCUT2D eigenvalue weighted by Crippen LogP contribution is -2.28. The number of rotatable bonds is 3. The Labute approximate surface area is 126 Å². The van der Waals surface area contributed by atoms with Gasteiger partial charge in [-0.2, -0.15) is 0 Å². The average Bonchev–Trinajstić information content (AvgIpc) is 2.90. The molecule has 0 amide bonds. The molecule has 0 fully saturated rings. The number of benzene rings is 2. The van der Waals surface area contributed by atoms with E-state index in [1.807, 2.05) is 48.5 Å². The first kappa shape index (κ1) is 13.2. The molecule has 2 aromatic carbocycles. The molecule has 0 radical (unpaired) electrons. The topological polar surface area (TPSA) is 38.3 Å². The Morgan fingerprint density at radius 2 is 1.95 bits per heavy atom. The third-order valence-electron chi connectivity index (χ3n) is 3.38. The van der Waals surface area contributed by atoms with Crippen LogP contribution in [0.1, 0.15) is 11.1 Å². The van der Waals surface area contributed by atoms with Crippen LogP contribution in [0.4, 0.5) is 5.69 Å². The van der Waals surface area contributed by atoms with E-state index in [0.717, 1.165) is 21.3 Å². The first-order valence-corrected chi connectivity index (χ1v) is 7.28. The van der Waals surface area contributed by atoms with Gasteiger partial charge in [0.05, 0.1) is 0 Å². The normalized spacial score (nSPS) is 16.4. The Morgan fingerprint density at radius 3 is 2.75 bits per heavy atom. The number of hydrogen-bond acceptors (Lipinski definition) is 3. The molecule has 0 aliphatic carbocycles. The summed E-state index contributed by atoms with van der Waals surface area (Å²) in [6.07, 6.45) is 0.685. The zero-order valence-electron chi connectivity index (χ0n) is 10.8. The third-order valence-corrected chi connectivity index (χ3v) is 4.16. The molecule has 1 N–H and O–H groups in total. The van der Waals surface area contributed by atoms with E-state index in [0.29, 0.717) is 6.42 Å². The van der Waals surface area contributed by atoms with Crippen molar-refractivity contribution in [2.75, 3.05) is 5.32 Å². The van der Waals surface area contributed by atoms with Gasteiger partial charge in [0.2, 0.25) is 0 Å². The number of carbonyl (C=O) groups excluding carboxylic acids is 1. The first-order valence-electron chi connectivity index (χ1n) is 6.48. The molecule has 1 heterocycles. The number of ether oxygens (including phenoxy) is 1. The highest BCUT2D eigenvalue weighted by atomic mass is 79.9. The van der Waals surface area contributed by atoms with Gasteiger partial charge in [0, 0.05) is 22.1 Å². The van der Waals surface area contributed by atoms with Crippen LogP contribution in [0.2, 0.25) is 0 Å². The molecule has 3 nitrogen and oxygen atoms in total. The molecule has 102 valence electrons. The predicted molar refractivity (Wildman–Crippen MR) is 81.5 cm³/mol. The molecule has 3 rings (SSSR count). The highest BCUT2D eigenvalue weighted by Crippen LogP contribution is 2.26. The monoisotopic (exact) mass is 331 g/mol. The van der Waals surface area contributed by atoms with Gasteiger partial charge in [0.1, 0.15) is 12.6 Å². The number of halogens is 1. The minimum absolute atomic E-state index is 0.211. The second-order valence-corrected chi connectivity index (χ2v) is 5.61. The maximum atomic E-state index is 12.1. The second kappa shape index (κ2) is 5.67. The number of para-hydroxylation sites is 1. The summed E-state index contributed by atoms with van der Waals surface area (Å²) >= 11 is 3.45. The molecule has 0 unspecified atom stereocenters. The molecular formula is C16H14BrNO2. The van der Waals surface area contributed by atoms with Crippen molar-refractivity contribution in [1.29, 1.82) is 0 Å². The number of carbonyl (C=O) groups is 1. The van der Waals surface area contributed by atoms with Gasteiger partial charge in [0.15, 0.2) is 0 Å². The fraction of sp³-hybridized carbons (Fsp3) is 0.188. The second-order valence-electron chi connectivity index (χ2n) is 4.76. The molecule has 0 saturated carbocycles. The van der Waals surface area contributed by atoms with Crippen molar-refractivity contribution in [3.63, 3.8) is 0 Å². The maximum absolute atomic E-state index is 12.1. The van der Waals surface area contributed by atoms with Gasteiger partial charge < -0.3 is 10.1 Å². The van der Waals surface area contributed by atoms with Crippen LogP contribution in [0, 0.1) is 0 Å². The van der Waals surface area contributed by atoms with Gasteiger partial charge in [-0.1, -0.05) is 52.3 Å². The molecule has 20 heavy (non-hydrogen) atoms. The Bertz CT molecular complexity index is 617. The van der Waals surface area contributed by atoms with Crippen molar-refractivity contribution in [1.82, 2.24) is 0 Å². The lowest BCUT2D eigenvalue weighted by atomic mass is 10.1. The Balaban J connectivity index is 1.61. The Morgan fingerprint density at radius 1 is 1.20 bits per heavy atom. The van der Waals surface area contributed by atoms with Crippen LogP contribution in [0.3, 0.4) is 0 Å². The number of fused-ring (bicyclic) bond motifs is 1. The number of esters is 1. The van der Waals surface area contributed by atoms with Crippen LogP contribution < -0.4 is 5.32 Å². The van der Waals surface area contributed by atoms with Crippen LogP contribution in [0.25, 0.3) is 0 Å². The van der Waals surface area contributed by atoms with Crippen LogP contribution in [-0.2, 0) is 22.6 Å². The zero-order valence-corrected chi connectivity index (χ0v) is 12.4. The summed E-state index contributed by atoms with van der Waals surface area (Å²) in [7, 11) is 0. The van der Waals surface area contributed by atoms with Gasteiger partial charge in [-0.25, -0.2) is 4.79 Å². The lowest BCUT2D eigenvalue weighted by molar-refractivity contribution is -0.145. The molecule has 1 aliphatic rings.